The molecule has 0 aliphatic carbocycles. The van der Waals surface area contributed by atoms with Crippen molar-refractivity contribution in [3.05, 3.63) is 46.9 Å². The van der Waals surface area contributed by atoms with E-state index in [1.165, 1.54) is 11.1 Å². The molecule has 2 nitrogen and oxygen atoms in total. The number of aromatic nitrogens is 2. The van der Waals surface area contributed by atoms with Gasteiger partial charge in [0.15, 0.2) is 0 Å². The molecule has 0 aliphatic rings. The summed E-state index contributed by atoms with van der Waals surface area (Å²) in [6.07, 6.45) is 1.68. The number of nitrogens with zero attached hydrogens (tertiary/aromatic N) is 2. The third-order valence-electron chi connectivity index (χ3n) is 2.99. The van der Waals surface area contributed by atoms with Crippen molar-refractivity contribution in [3.63, 3.8) is 0 Å². The highest BCUT2D eigenvalue weighted by Gasteiger charge is 2.15. The molecule has 1 heterocycles. The summed E-state index contributed by atoms with van der Waals surface area (Å²) in [4.78, 5) is 8.16. The van der Waals surface area contributed by atoms with Crippen LogP contribution in [0.25, 0.3) is 11.3 Å². The van der Waals surface area contributed by atoms with Crippen molar-refractivity contribution in [1.82, 2.24) is 9.97 Å². The van der Waals surface area contributed by atoms with Crippen molar-refractivity contribution in [2.45, 2.75) is 33.1 Å². The van der Waals surface area contributed by atoms with Crippen molar-refractivity contribution >= 4 is 11.6 Å². The highest BCUT2D eigenvalue weighted by molar-refractivity contribution is 6.28. The first-order valence-electron chi connectivity index (χ1n) is 5.98. The van der Waals surface area contributed by atoms with E-state index >= 15 is 0 Å². The molecule has 0 saturated carbocycles. The summed E-state index contributed by atoms with van der Waals surface area (Å²) >= 11 is 5.83. The van der Waals surface area contributed by atoms with E-state index in [4.69, 9.17) is 11.6 Å². The average molecular weight is 261 g/mol. The molecule has 3 heteroatoms. The molecule has 2 aromatic rings. The summed E-state index contributed by atoms with van der Waals surface area (Å²) < 4.78 is 0. The predicted octanol–water partition coefficient (Wildman–Crippen LogP) is 4.40. The summed E-state index contributed by atoms with van der Waals surface area (Å²) in [5, 5.41) is 0.284. The van der Waals surface area contributed by atoms with Crippen LogP contribution in [0.3, 0.4) is 0 Å². The third kappa shape index (κ3) is 2.70. The van der Waals surface area contributed by atoms with Crippen LogP contribution in [-0.4, -0.2) is 9.97 Å². The molecule has 1 aromatic carbocycles. The first-order chi connectivity index (χ1) is 8.38. The molecule has 0 radical (unpaired) electrons. The summed E-state index contributed by atoms with van der Waals surface area (Å²) in [6.45, 7) is 8.73. The van der Waals surface area contributed by atoms with E-state index in [1.54, 1.807) is 6.20 Å². The minimum absolute atomic E-state index is 0.159. The summed E-state index contributed by atoms with van der Waals surface area (Å²) in [5.41, 5.74) is 4.66. The second-order valence-electron chi connectivity index (χ2n) is 5.49. The monoisotopic (exact) mass is 260 g/mol. The zero-order valence-corrected chi connectivity index (χ0v) is 11.9. The van der Waals surface area contributed by atoms with Crippen LogP contribution in [0.4, 0.5) is 0 Å². The Bertz CT molecular complexity index is 571. The topological polar surface area (TPSA) is 25.8 Å². The summed E-state index contributed by atoms with van der Waals surface area (Å²) in [6, 6.07) is 8.35. The molecule has 0 unspecified atom stereocenters. The molecular weight excluding hydrogens is 244 g/mol. The van der Waals surface area contributed by atoms with E-state index in [9.17, 15) is 0 Å². The maximum atomic E-state index is 5.83. The van der Waals surface area contributed by atoms with E-state index < -0.39 is 0 Å². The van der Waals surface area contributed by atoms with Crippen LogP contribution in [0, 0.1) is 6.92 Å². The van der Waals surface area contributed by atoms with Gasteiger partial charge in [-0.15, -0.1) is 0 Å². The van der Waals surface area contributed by atoms with Crippen LogP contribution < -0.4 is 0 Å². The van der Waals surface area contributed by atoms with Gasteiger partial charge in [0.2, 0.25) is 5.28 Å². The normalized spacial score (nSPS) is 11.6. The molecule has 0 spiro atoms. The summed E-state index contributed by atoms with van der Waals surface area (Å²) in [7, 11) is 0. The van der Waals surface area contributed by atoms with E-state index in [0.717, 1.165) is 11.3 Å². The third-order valence-corrected chi connectivity index (χ3v) is 3.18. The molecule has 0 saturated heterocycles. The van der Waals surface area contributed by atoms with Gasteiger partial charge in [-0.3, -0.25) is 0 Å². The molecule has 1 aromatic heterocycles. The number of benzene rings is 1. The lowest BCUT2D eigenvalue weighted by molar-refractivity contribution is 0.590. The van der Waals surface area contributed by atoms with Gasteiger partial charge in [-0.25, -0.2) is 9.97 Å². The number of hydrogen-bond donors (Lipinski definition) is 0. The van der Waals surface area contributed by atoms with E-state index in [-0.39, 0.29) is 10.7 Å². The quantitative estimate of drug-likeness (QED) is 0.710. The second-order valence-corrected chi connectivity index (χ2v) is 5.83. The van der Waals surface area contributed by atoms with Crippen LogP contribution in [-0.2, 0) is 5.41 Å². The zero-order chi connectivity index (χ0) is 13.3. The van der Waals surface area contributed by atoms with Gasteiger partial charge in [0.05, 0.1) is 5.69 Å². The molecule has 0 aliphatic heterocycles. The van der Waals surface area contributed by atoms with Gasteiger partial charge in [-0.2, -0.15) is 0 Å². The number of aryl methyl sites for hydroxylation is 1. The first-order valence-corrected chi connectivity index (χ1v) is 6.36. The Labute approximate surface area is 113 Å². The fourth-order valence-electron chi connectivity index (χ4n) is 1.90. The molecule has 0 amide bonds. The van der Waals surface area contributed by atoms with Gasteiger partial charge in [0, 0.05) is 11.8 Å². The molecule has 0 atom stereocenters. The molecule has 0 fully saturated rings. The van der Waals surface area contributed by atoms with Gasteiger partial charge in [-0.05, 0) is 41.1 Å². The number of halogens is 1. The second kappa shape index (κ2) is 4.69. The maximum absolute atomic E-state index is 5.83. The average Bonchev–Trinajstić information content (AvgIpc) is 2.27. The smallest absolute Gasteiger partial charge is 0.222 e. The van der Waals surface area contributed by atoms with Crippen molar-refractivity contribution in [2.24, 2.45) is 0 Å². The van der Waals surface area contributed by atoms with Crippen molar-refractivity contribution in [2.75, 3.05) is 0 Å². The van der Waals surface area contributed by atoms with Crippen LogP contribution in [0.5, 0.6) is 0 Å². The zero-order valence-electron chi connectivity index (χ0n) is 11.2. The molecule has 18 heavy (non-hydrogen) atoms. The largest absolute Gasteiger partial charge is 0.226 e. The lowest BCUT2D eigenvalue weighted by Gasteiger charge is -2.20. The van der Waals surface area contributed by atoms with Gasteiger partial charge < -0.3 is 0 Å². The van der Waals surface area contributed by atoms with Gasteiger partial charge >= 0.3 is 0 Å². The standard InChI is InChI=1S/C15H17ClN2/c1-10-9-11(15(2,3)4)5-6-12(10)13-7-8-17-14(16)18-13/h5-9H,1-4H3. The molecular formula is C15H17ClN2. The molecule has 0 N–H and O–H groups in total. The molecule has 0 bridgehead atoms. The van der Waals surface area contributed by atoms with Gasteiger partial charge in [0.1, 0.15) is 0 Å². The van der Waals surface area contributed by atoms with E-state index in [1.807, 2.05) is 6.07 Å². The van der Waals surface area contributed by atoms with E-state index in [2.05, 4.69) is 55.9 Å². The molecule has 2 rings (SSSR count). The van der Waals surface area contributed by atoms with Crippen LogP contribution in [0.2, 0.25) is 5.28 Å². The van der Waals surface area contributed by atoms with Crippen molar-refractivity contribution in [3.8, 4) is 11.3 Å². The van der Waals surface area contributed by atoms with E-state index in [0.29, 0.717) is 0 Å². The van der Waals surface area contributed by atoms with Crippen molar-refractivity contribution in [1.29, 1.82) is 0 Å². The number of rotatable bonds is 1. The van der Waals surface area contributed by atoms with Crippen LogP contribution in [0.1, 0.15) is 31.9 Å². The fourth-order valence-corrected chi connectivity index (χ4v) is 2.05. The Morgan fingerprint density at radius 2 is 1.83 bits per heavy atom. The number of hydrogen-bond acceptors (Lipinski definition) is 2. The maximum Gasteiger partial charge on any atom is 0.222 e. The Kier molecular flexibility index (Phi) is 3.40. The van der Waals surface area contributed by atoms with Crippen LogP contribution >= 0.6 is 11.6 Å². The highest BCUT2D eigenvalue weighted by Crippen LogP contribution is 2.28. The lowest BCUT2D eigenvalue weighted by atomic mass is 9.85. The fraction of sp³-hybridized carbons (Fsp3) is 0.333. The first kappa shape index (κ1) is 13.0. The van der Waals surface area contributed by atoms with Crippen molar-refractivity contribution < 1.29 is 0 Å². The summed E-state index contributed by atoms with van der Waals surface area (Å²) in [5.74, 6) is 0. The Balaban J connectivity index is 2.48. The lowest BCUT2D eigenvalue weighted by Crippen LogP contribution is -2.11. The minimum atomic E-state index is 0.159. The predicted molar refractivity (Wildman–Crippen MR) is 75.9 cm³/mol. The molecule has 94 valence electrons. The van der Waals surface area contributed by atoms with Crippen LogP contribution in [0.15, 0.2) is 30.5 Å². The Morgan fingerprint density at radius 1 is 1.11 bits per heavy atom. The van der Waals surface area contributed by atoms with Gasteiger partial charge in [0.25, 0.3) is 0 Å². The SMILES string of the molecule is Cc1cc(C(C)(C)C)ccc1-c1ccnc(Cl)n1. The highest BCUT2D eigenvalue weighted by atomic mass is 35.5. The van der Waals surface area contributed by atoms with Gasteiger partial charge in [-0.1, -0.05) is 39.0 Å². The Hall–Kier alpha value is -1.41. The Morgan fingerprint density at radius 3 is 2.39 bits per heavy atom. The minimum Gasteiger partial charge on any atom is -0.226 e.